The molecule has 0 amide bonds. The number of halogens is 1. The molecule has 0 saturated heterocycles. The summed E-state index contributed by atoms with van der Waals surface area (Å²) < 4.78 is 5.05. The van der Waals surface area contributed by atoms with E-state index in [1.807, 2.05) is 42.2 Å². The smallest absolute Gasteiger partial charge is 0.152 e. The molecule has 0 aliphatic rings. The molecule has 3 aromatic rings. The third kappa shape index (κ3) is 2.31. The number of hydrogen-bond acceptors (Lipinski definition) is 2. The number of aldehydes is 1. The third-order valence-corrected chi connectivity index (χ3v) is 4.68. The van der Waals surface area contributed by atoms with Crippen LogP contribution in [0.1, 0.15) is 28.7 Å². The Hall–Kier alpha value is -1.88. The molecule has 0 aliphatic heterocycles. The second-order valence-corrected chi connectivity index (χ2v) is 5.82. The van der Waals surface area contributed by atoms with Crippen LogP contribution in [0.5, 0.6) is 0 Å². The lowest BCUT2D eigenvalue weighted by molar-refractivity contribution is 0.112. The van der Waals surface area contributed by atoms with Crippen molar-refractivity contribution in [1.29, 1.82) is 0 Å². The van der Waals surface area contributed by atoms with Crippen molar-refractivity contribution in [3.05, 3.63) is 51.9 Å². The molecule has 0 bridgehead atoms. The molecule has 108 valence electrons. The molecule has 0 atom stereocenters. The van der Waals surface area contributed by atoms with Crippen molar-refractivity contribution < 1.29 is 4.79 Å². The summed E-state index contributed by atoms with van der Waals surface area (Å²) >= 11 is 3.64. The van der Waals surface area contributed by atoms with Crippen LogP contribution in [0.4, 0.5) is 0 Å². The maximum Gasteiger partial charge on any atom is 0.152 e. The zero-order chi connectivity index (χ0) is 15.0. The molecule has 5 heteroatoms. The van der Waals surface area contributed by atoms with Gasteiger partial charge in [-0.15, -0.1) is 0 Å². The second kappa shape index (κ2) is 5.48. The molecule has 2 aromatic heterocycles. The van der Waals surface area contributed by atoms with Gasteiger partial charge in [0.1, 0.15) is 0 Å². The molecule has 0 N–H and O–H groups in total. The summed E-state index contributed by atoms with van der Waals surface area (Å²) in [6.07, 6.45) is 3.71. The number of para-hydroxylation sites is 1. The van der Waals surface area contributed by atoms with Crippen LogP contribution in [0.15, 0.2) is 34.9 Å². The average molecular weight is 346 g/mol. The number of rotatable bonds is 4. The molecule has 0 aliphatic carbocycles. The first kappa shape index (κ1) is 14.1. The van der Waals surface area contributed by atoms with Crippen LogP contribution in [-0.2, 0) is 20.0 Å². The minimum atomic E-state index is 0.679. The first-order valence-electron chi connectivity index (χ1n) is 6.89. The fraction of sp³-hybridized carbons (Fsp3) is 0.250. The van der Waals surface area contributed by atoms with Gasteiger partial charge in [0.05, 0.1) is 22.4 Å². The van der Waals surface area contributed by atoms with Crippen LogP contribution in [0.3, 0.4) is 0 Å². The number of aryl methyl sites for hydroxylation is 2. The predicted molar refractivity (Wildman–Crippen MR) is 86.7 cm³/mol. The molecule has 2 heterocycles. The van der Waals surface area contributed by atoms with E-state index >= 15 is 0 Å². The Morgan fingerprint density at radius 1 is 1.33 bits per heavy atom. The number of benzene rings is 1. The molecule has 0 unspecified atom stereocenters. The summed E-state index contributed by atoms with van der Waals surface area (Å²) in [7, 11) is 1.95. The highest BCUT2D eigenvalue weighted by molar-refractivity contribution is 9.10. The molecule has 0 spiro atoms. The van der Waals surface area contributed by atoms with Crippen molar-refractivity contribution in [2.75, 3.05) is 0 Å². The van der Waals surface area contributed by atoms with E-state index in [4.69, 9.17) is 0 Å². The van der Waals surface area contributed by atoms with Crippen molar-refractivity contribution >= 4 is 33.1 Å². The van der Waals surface area contributed by atoms with Gasteiger partial charge in [-0.1, -0.05) is 25.1 Å². The topological polar surface area (TPSA) is 39.8 Å². The fourth-order valence-electron chi connectivity index (χ4n) is 2.65. The predicted octanol–water partition coefficient (Wildman–Crippen LogP) is 3.56. The van der Waals surface area contributed by atoms with Crippen molar-refractivity contribution in [3.63, 3.8) is 0 Å². The summed E-state index contributed by atoms with van der Waals surface area (Å²) in [6, 6.07) is 7.96. The van der Waals surface area contributed by atoms with E-state index < -0.39 is 0 Å². The van der Waals surface area contributed by atoms with E-state index in [0.717, 1.165) is 45.0 Å². The number of nitrogens with zero attached hydrogens (tertiary/aromatic N) is 3. The Bertz CT molecular complexity index is 816. The van der Waals surface area contributed by atoms with Crippen LogP contribution in [0, 0.1) is 0 Å². The second-order valence-electron chi connectivity index (χ2n) is 5.03. The normalized spacial score (nSPS) is 11.2. The van der Waals surface area contributed by atoms with E-state index in [1.54, 1.807) is 0 Å². The van der Waals surface area contributed by atoms with E-state index in [1.165, 1.54) is 0 Å². The average Bonchev–Trinajstić information content (AvgIpc) is 2.99. The number of carbonyl (C=O) groups excluding carboxylic acids is 1. The Kier molecular flexibility index (Phi) is 3.68. The van der Waals surface area contributed by atoms with Crippen LogP contribution >= 0.6 is 15.9 Å². The maximum atomic E-state index is 11.2. The summed E-state index contributed by atoms with van der Waals surface area (Å²) in [4.78, 5) is 11.2. The number of hydrogen-bond donors (Lipinski definition) is 0. The minimum absolute atomic E-state index is 0.679. The largest absolute Gasteiger partial charge is 0.341 e. The summed E-state index contributed by atoms with van der Waals surface area (Å²) in [5, 5.41) is 5.51. The van der Waals surface area contributed by atoms with Gasteiger partial charge in [-0.3, -0.25) is 9.48 Å². The maximum absolute atomic E-state index is 11.2. The first-order chi connectivity index (χ1) is 10.2. The van der Waals surface area contributed by atoms with Crippen LogP contribution < -0.4 is 0 Å². The zero-order valence-electron chi connectivity index (χ0n) is 12.0. The standard InChI is InChI=1S/C16H16BrN3O/c1-3-13-16(17)15(19(2)18-13)9-20-8-11(10-21)12-6-4-5-7-14(12)20/h4-8,10H,3,9H2,1-2H3. The lowest BCUT2D eigenvalue weighted by atomic mass is 10.2. The van der Waals surface area contributed by atoms with Crippen LogP contribution in [0.2, 0.25) is 0 Å². The van der Waals surface area contributed by atoms with Gasteiger partial charge >= 0.3 is 0 Å². The molecule has 1 aromatic carbocycles. The molecule has 21 heavy (non-hydrogen) atoms. The Morgan fingerprint density at radius 3 is 2.76 bits per heavy atom. The van der Waals surface area contributed by atoms with Gasteiger partial charge < -0.3 is 4.57 Å². The molecule has 0 saturated carbocycles. The Morgan fingerprint density at radius 2 is 2.10 bits per heavy atom. The summed E-state index contributed by atoms with van der Waals surface area (Å²) in [5.41, 5.74) is 3.94. The minimum Gasteiger partial charge on any atom is -0.341 e. The van der Waals surface area contributed by atoms with E-state index in [0.29, 0.717) is 6.54 Å². The zero-order valence-corrected chi connectivity index (χ0v) is 13.6. The van der Waals surface area contributed by atoms with E-state index in [-0.39, 0.29) is 0 Å². The first-order valence-corrected chi connectivity index (χ1v) is 7.68. The highest BCUT2D eigenvalue weighted by atomic mass is 79.9. The van der Waals surface area contributed by atoms with Gasteiger partial charge in [0.25, 0.3) is 0 Å². The summed E-state index contributed by atoms with van der Waals surface area (Å²) in [5.74, 6) is 0. The van der Waals surface area contributed by atoms with Gasteiger partial charge in [0.15, 0.2) is 6.29 Å². The van der Waals surface area contributed by atoms with Gasteiger partial charge in [-0.05, 0) is 28.4 Å². The lowest BCUT2D eigenvalue weighted by Crippen LogP contribution is -2.05. The van der Waals surface area contributed by atoms with E-state index in [2.05, 4.69) is 32.5 Å². The lowest BCUT2D eigenvalue weighted by Gasteiger charge is -2.06. The van der Waals surface area contributed by atoms with Gasteiger partial charge in [0.2, 0.25) is 0 Å². The van der Waals surface area contributed by atoms with Gasteiger partial charge in [-0.2, -0.15) is 5.10 Å². The molecule has 0 fully saturated rings. The third-order valence-electron chi connectivity index (χ3n) is 3.77. The summed E-state index contributed by atoms with van der Waals surface area (Å²) in [6.45, 7) is 2.77. The Labute approximate surface area is 131 Å². The van der Waals surface area contributed by atoms with Crippen molar-refractivity contribution in [2.45, 2.75) is 19.9 Å². The molecule has 0 radical (unpaired) electrons. The van der Waals surface area contributed by atoms with Gasteiger partial charge in [0, 0.05) is 29.7 Å². The Balaban J connectivity index is 2.10. The highest BCUT2D eigenvalue weighted by Crippen LogP contribution is 2.25. The van der Waals surface area contributed by atoms with Crippen molar-refractivity contribution in [1.82, 2.24) is 14.3 Å². The van der Waals surface area contributed by atoms with Crippen LogP contribution in [0.25, 0.3) is 10.9 Å². The monoisotopic (exact) mass is 345 g/mol. The molecule has 3 rings (SSSR count). The van der Waals surface area contributed by atoms with Gasteiger partial charge in [-0.25, -0.2) is 0 Å². The van der Waals surface area contributed by atoms with Crippen molar-refractivity contribution in [3.8, 4) is 0 Å². The van der Waals surface area contributed by atoms with E-state index in [9.17, 15) is 4.79 Å². The molecule has 4 nitrogen and oxygen atoms in total. The van der Waals surface area contributed by atoms with Crippen molar-refractivity contribution in [2.24, 2.45) is 7.05 Å². The molecular weight excluding hydrogens is 330 g/mol. The molecular formula is C16H16BrN3O. The number of carbonyl (C=O) groups is 1. The number of aromatic nitrogens is 3. The highest BCUT2D eigenvalue weighted by Gasteiger charge is 2.15. The number of fused-ring (bicyclic) bond motifs is 1. The van der Waals surface area contributed by atoms with Crippen LogP contribution in [-0.4, -0.2) is 20.6 Å². The fourth-order valence-corrected chi connectivity index (χ4v) is 3.39. The quantitative estimate of drug-likeness (QED) is 0.678. The SMILES string of the molecule is CCc1nn(C)c(Cn2cc(C=O)c3ccccc32)c1Br.